The van der Waals surface area contributed by atoms with Crippen LogP contribution in [0.5, 0.6) is 5.75 Å². The van der Waals surface area contributed by atoms with Gasteiger partial charge in [0.25, 0.3) is 0 Å². The molecule has 1 unspecified atom stereocenters. The first-order valence-electron chi connectivity index (χ1n) is 8.09. The van der Waals surface area contributed by atoms with Gasteiger partial charge in [-0.05, 0) is 25.5 Å². The van der Waals surface area contributed by atoms with Crippen LogP contribution in [-0.4, -0.2) is 50.4 Å². The summed E-state index contributed by atoms with van der Waals surface area (Å²) in [5, 5.41) is 0. The molecule has 0 aromatic heterocycles. The quantitative estimate of drug-likeness (QED) is 0.780. The molecule has 0 aliphatic carbocycles. The average Bonchev–Trinajstić information content (AvgIpc) is 2.54. The summed E-state index contributed by atoms with van der Waals surface area (Å²) in [5.74, 6) is -0.128. The van der Waals surface area contributed by atoms with Crippen molar-refractivity contribution >= 4 is 11.8 Å². The fraction of sp³-hybridized carbons (Fsp3) is 0.588. The SMILES string of the molecule is CCCCOC(=O)N1CCN(c2cccc(F)c2OC)C(C)C1. The van der Waals surface area contributed by atoms with Gasteiger partial charge in [-0.2, -0.15) is 0 Å². The second-order valence-corrected chi connectivity index (χ2v) is 5.75. The number of piperazine rings is 1. The average molecular weight is 324 g/mol. The third-order valence-corrected chi connectivity index (χ3v) is 4.07. The van der Waals surface area contributed by atoms with Crippen molar-refractivity contribution in [1.29, 1.82) is 0 Å². The third-order valence-electron chi connectivity index (χ3n) is 4.07. The number of carbonyl (C=O) groups is 1. The number of rotatable bonds is 5. The summed E-state index contributed by atoms with van der Waals surface area (Å²) in [4.78, 5) is 15.8. The van der Waals surface area contributed by atoms with Crippen molar-refractivity contribution in [1.82, 2.24) is 4.90 Å². The van der Waals surface area contributed by atoms with Crippen LogP contribution in [0, 0.1) is 5.82 Å². The topological polar surface area (TPSA) is 42.0 Å². The summed E-state index contributed by atoms with van der Waals surface area (Å²) in [5.41, 5.74) is 0.721. The molecule has 0 radical (unpaired) electrons. The minimum absolute atomic E-state index is 0.0539. The van der Waals surface area contributed by atoms with Gasteiger partial charge in [0.2, 0.25) is 0 Å². The van der Waals surface area contributed by atoms with E-state index in [0.29, 0.717) is 26.2 Å². The lowest BCUT2D eigenvalue weighted by Crippen LogP contribution is -2.54. The Bertz CT molecular complexity index is 539. The second kappa shape index (κ2) is 8.04. The van der Waals surface area contributed by atoms with E-state index in [0.717, 1.165) is 18.5 Å². The van der Waals surface area contributed by atoms with E-state index in [4.69, 9.17) is 9.47 Å². The van der Waals surface area contributed by atoms with Gasteiger partial charge in [0, 0.05) is 25.7 Å². The van der Waals surface area contributed by atoms with Crippen LogP contribution < -0.4 is 9.64 Å². The maximum atomic E-state index is 13.9. The zero-order chi connectivity index (χ0) is 16.8. The molecule has 0 N–H and O–H groups in total. The summed E-state index contributed by atoms with van der Waals surface area (Å²) in [7, 11) is 1.47. The van der Waals surface area contributed by atoms with Crippen molar-refractivity contribution in [3.8, 4) is 5.75 Å². The molecule has 1 aliphatic heterocycles. The second-order valence-electron chi connectivity index (χ2n) is 5.75. The molecule has 1 aromatic carbocycles. The van der Waals surface area contributed by atoms with Crippen LogP contribution >= 0.6 is 0 Å². The highest BCUT2D eigenvalue weighted by Crippen LogP contribution is 2.33. The van der Waals surface area contributed by atoms with E-state index in [9.17, 15) is 9.18 Å². The smallest absolute Gasteiger partial charge is 0.409 e. The normalized spacial score (nSPS) is 18.0. The zero-order valence-electron chi connectivity index (χ0n) is 14.0. The lowest BCUT2D eigenvalue weighted by Gasteiger charge is -2.41. The monoisotopic (exact) mass is 324 g/mol. The van der Waals surface area contributed by atoms with Crippen molar-refractivity contribution in [2.45, 2.75) is 32.7 Å². The number of nitrogens with zero attached hydrogens (tertiary/aromatic N) is 2. The summed E-state index contributed by atoms with van der Waals surface area (Å²) < 4.78 is 24.3. The van der Waals surface area contributed by atoms with Gasteiger partial charge in [-0.3, -0.25) is 0 Å². The third kappa shape index (κ3) is 4.06. The highest BCUT2D eigenvalue weighted by atomic mass is 19.1. The number of halogens is 1. The van der Waals surface area contributed by atoms with Gasteiger partial charge in [-0.15, -0.1) is 0 Å². The molecule has 2 rings (SSSR count). The minimum Gasteiger partial charge on any atom is -0.492 e. The first kappa shape index (κ1) is 17.4. The van der Waals surface area contributed by atoms with Crippen molar-refractivity contribution in [3.05, 3.63) is 24.0 Å². The number of amides is 1. The Morgan fingerprint density at radius 3 is 2.83 bits per heavy atom. The number of hydrogen-bond acceptors (Lipinski definition) is 4. The Hall–Kier alpha value is -1.98. The first-order chi connectivity index (χ1) is 11.1. The molecule has 23 heavy (non-hydrogen) atoms. The number of para-hydroxylation sites is 1. The molecular weight excluding hydrogens is 299 g/mol. The zero-order valence-corrected chi connectivity index (χ0v) is 14.0. The number of methoxy groups -OCH3 is 1. The summed E-state index contributed by atoms with van der Waals surface area (Å²) in [6.45, 7) is 6.24. The Balaban J connectivity index is 2.02. The van der Waals surface area contributed by atoms with E-state index in [2.05, 4.69) is 11.8 Å². The van der Waals surface area contributed by atoms with Gasteiger partial charge in [0.05, 0.1) is 19.4 Å². The fourth-order valence-electron chi connectivity index (χ4n) is 2.80. The number of hydrogen-bond donors (Lipinski definition) is 0. The molecular formula is C17H25FN2O3. The van der Waals surface area contributed by atoms with Crippen molar-refractivity contribution in [2.24, 2.45) is 0 Å². The van der Waals surface area contributed by atoms with Crippen LogP contribution in [0.15, 0.2) is 18.2 Å². The van der Waals surface area contributed by atoms with Crippen molar-refractivity contribution in [3.63, 3.8) is 0 Å². The molecule has 1 heterocycles. The molecule has 1 atom stereocenters. The molecule has 0 bridgehead atoms. The molecule has 1 saturated heterocycles. The highest BCUT2D eigenvalue weighted by Gasteiger charge is 2.29. The Morgan fingerprint density at radius 1 is 1.39 bits per heavy atom. The van der Waals surface area contributed by atoms with Crippen LogP contribution in [0.25, 0.3) is 0 Å². The summed E-state index contributed by atoms with van der Waals surface area (Å²) >= 11 is 0. The number of carbonyl (C=O) groups excluding carboxylic acids is 1. The van der Waals surface area contributed by atoms with E-state index in [1.165, 1.54) is 13.2 Å². The predicted octanol–water partition coefficient (Wildman–Crippen LogP) is 3.28. The van der Waals surface area contributed by atoms with Gasteiger partial charge in [-0.1, -0.05) is 19.4 Å². The lowest BCUT2D eigenvalue weighted by atomic mass is 10.1. The number of unbranched alkanes of at least 4 members (excludes halogenated alkanes) is 1. The summed E-state index contributed by atoms with van der Waals surface area (Å²) in [6.07, 6.45) is 1.61. The molecule has 128 valence electrons. The first-order valence-corrected chi connectivity index (χ1v) is 8.09. The van der Waals surface area contributed by atoms with Crippen LogP contribution in [0.3, 0.4) is 0 Å². The van der Waals surface area contributed by atoms with Crippen LogP contribution in [0.2, 0.25) is 0 Å². The molecule has 1 aliphatic rings. The largest absolute Gasteiger partial charge is 0.492 e. The molecule has 0 spiro atoms. The van der Waals surface area contributed by atoms with Gasteiger partial charge in [-0.25, -0.2) is 9.18 Å². The molecule has 1 fully saturated rings. The van der Waals surface area contributed by atoms with E-state index in [1.807, 2.05) is 13.0 Å². The van der Waals surface area contributed by atoms with Crippen LogP contribution in [0.1, 0.15) is 26.7 Å². The number of ether oxygens (including phenoxy) is 2. The minimum atomic E-state index is -0.376. The van der Waals surface area contributed by atoms with Crippen molar-refractivity contribution < 1.29 is 18.7 Å². The highest BCUT2D eigenvalue weighted by molar-refractivity contribution is 5.69. The van der Waals surface area contributed by atoms with Crippen LogP contribution in [0.4, 0.5) is 14.9 Å². The Morgan fingerprint density at radius 2 is 2.17 bits per heavy atom. The van der Waals surface area contributed by atoms with E-state index in [-0.39, 0.29) is 23.7 Å². The number of benzene rings is 1. The fourth-order valence-corrected chi connectivity index (χ4v) is 2.80. The van der Waals surface area contributed by atoms with Gasteiger partial charge in [0.15, 0.2) is 11.6 Å². The van der Waals surface area contributed by atoms with Crippen LogP contribution in [-0.2, 0) is 4.74 Å². The Labute approximate surface area is 137 Å². The maximum absolute atomic E-state index is 13.9. The van der Waals surface area contributed by atoms with E-state index in [1.54, 1.807) is 11.0 Å². The molecule has 1 amide bonds. The molecule has 5 nitrogen and oxygen atoms in total. The predicted molar refractivity (Wildman–Crippen MR) is 87.6 cm³/mol. The molecule has 6 heteroatoms. The maximum Gasteiger partial charge on any atom is 0.409 e. The Kier molecular flexibility index (Phi) is 6.07. The lowest BCUT2D eigenvalue weighted by molar-refractivity contribution is 0.0944. The summed E-state index contributed by atoms with van der Waals surface area (Å²) in [6, 6.07) is 4.95. The van der Waals surface area contributed by atoms with E-state index < -0.39 is 0 Å². The van der Waals surface area contributed by atoms with E-state index >= 15 is 0 Å². The standard InChI is InChI=1S/C17H25FN2O3/c1-4-5-11-23-17(21)19-9-10-20(13(2)12-19)15-8-6-7-14(18)16(15)22-3/h6-8,13H,4-5,9-12H2,1-3H3. The van der Waals surface area contributed by atoms with Gasteiger partial charge >= 0.3 is 6.09 Å². The molecule has 0 saturated carbocycles. The van der Waals surface area contributed by atoms with Gasteiger partial charge < -0.3 is 19.3 Å². The number of anilines is 1. The van der Waals surface area contributed by atoms with Gasteiger partial charge in [0.1, 0.15) is 0 Å². The van der Waals surface area contributed by atoms with Crippen molar-refractivity contribution in [2.75, 3.05) is 38.3 Å². The molecule has 1 aromatic rings.